The Hall–Kier alpha value is -2.63. The van der Waals surface area contributed by atoms with Crippen molar-refractivity contribution < 1.29 is 9.21 Å². The number of halogens is 1. The topological polar surface area (TPSA) is 62.6 Å². The first-order chi connectivity index (χ1) is 13.3. The van der Waals surface area contributed by atoms with Crippen molar-refractivity contribution in [3.05, 3.63) is 80.2 Å². The molecule has 0 saturated heterocycles. The summed E-state index contributed by atoms with van der Waals surface area (Å²) in [6.07, 6.45) is 0. The molecule has 0 radical (unpaired) electrons. The second kappa shape index (κ2) is 8.17. The lowest BCUT2D eigenvalue weighted by atomic mass is 10.1. The summed E-state index contributed by atoms with van der Waals surface area (Å²) in [6, 6.07) is 12.4. The van der Waals surface area contributed by atoms with Crippen LogP contribution >= 0.6 is 11.6 Å². The van der Waals surface area contributed by atoms with E-state index in [9.17, 15) is 9.59 Å². The summed E-state index contributed by atoms with van der Waals surface area (Å²) >= 11 is 6.31. The Kier molecular flexibility index (Phi) is 5.87. The Morgan fingerprint density at radius 2 is 1.89 bits per heavy atom. The van der Waals surface area contributed by atoms with Crippen LogP contribution in [0.15, 0.2) is 51.7 Å². The largest absolute Gasteiger partial charge is 0.450 e. The van der Waals surface area contributed by atoms with Gasteiger partial charge in [-0.05, 0) is 56.8 Å². The molecule has 0 aliphatic rings. The predicted octanol–water partition coefficient (Wildman–Crippen LogP) is 4.10. The van der Waals surface area contributed by atoms with Crippen molar-refractivity contribution in [1.29, 1.82) is 0 Å². The van der Waals surface area contributed by atoms with E-state index < -0.39 is 5.91 Å². The molecule has 3 aromatic rings. The zero-order chi connectivity index (χ0) is 20.4. The smallest absolute Gasteiger partial charge is 0.287 e. The molecule has 3 rings (SSSR count). The highest BCUT2D eigenvalue weighted by molar-refractivity contribution is 6.31. The van der Waals surface area contributed by atoms with Crippen molar-refractivity contribution in [3.63, 3.8) is 0 Å². The summed E-state index contributed by atoms with van der Waals surface area (Å²) < 4.78 is 5.76. The molecular formula is C22H23ClN2O3. The number of rotatable bonds is 5. The second-order valence-corrected chi connectivity index (χ2v) is 7.55. The molecular weight excluding hydrogens is 376 g/mol. The van der Waals surface area contributed by atoms with Gasteiger partial charge in [-0.25, -0.2) is 0 Å². The molecule has 2 aromatic carbocycles. The molecule has 1 heterocycles. The summed E-state index contributed by atoms with van der Waals surface area (Å²) in [5.41, 5.74) is 2.93. The Bertz CT molecular complexity index is 1090. The van der Waals surface area contributed by atoms with Crippen LogP contribution in [0, 0.1) is 13.8 Å². The first-order valence-electron chi connectivity index (χ1n) is 9.02. The fourth-order valence-electron chi connectivity index (χ4n) is 3.31. The number of aryl methyl sites for hydroxylation is 2. The minimum atomic E-state index is -0.433. The van der Waals surface area contributed by atoms with Gasteiger partial charge >= 0.3 is 0 Å². The third-order valence-electron chi connectivity index (χ3n) is 4.73. The second-order valence-electron chi connectivity index (χ2n) is 7.14. The number of likely N-dealkylation sites (N-methyl/N-ethyl adjacent to an activating group) is 1. The van der Waals surface area contributed by atoms with Crippen LogP contribution in [0.1, 0.15) is 33.3 Å². The van der Waals surface area contributed by atoms with Gasteiger partial charge in [-0.1, -0.05) is 35.9 Å². The maximum atomic E-state index is 12.7. The molecule has 28 heavy (non-hydrogen) atoms. The van der Waals surface area contributed by atoms with E-state index in [0.717, 1.165) is 16.7 Å². The maximum Gasteiger partial charge on any atom is 0.287 e. The monoisotopic (exact) mass is 398 g/mol. The first kappa shape index (κ1) is 20.1. The van der Waals surface area contributed by atoms with Gasteiger partial charge < -0.3 is 14.6 Å². The number of amides is 1. The normalized spacial score (nSPS) is 12.4. The molecule has 1 N–H and O–H groups in total. The average Bonchev–Trinajstić information content (AvgIpc) is 2.63. The summed E-state index contributed by atoms with van der Waals surface area (Å²) in [4.78, 5) is 27.1. The summed E-state index contributed by atoms with van der Waals surface area (Å²) in [5.74, 6) is -0.431. The van der Waals surface area contributed by atoms with Gasteiger partial charge in [-0.3, -0.25) is 9.59 Å². The van der Waals surface area contributed by atoms with Crippen molar-refractivity contribution in [2.75, 3.05) is 20.6 Å². The lowest BCUT2D eigenvalue weighted by molar-refractivity contribution is 0.0914. The van der Waals surface area contributed by atoms with Crippen LogP contribution in [0.25, 0.3) is 11.0 Å². The highest BCUT2D eigenvalue weighted by atomic mass is 35.5. The third kappa shape index (κ3) is 4.11. The molecule has 5 nitrogen and oxygen atoms in total. The Morgan fingerprint density at radius 1 is 1.18 bits per heavy atom. The van der Waals surface area contributed by atoms with Crippen LogP contribution in [0.3, 0.4) is 0 Å². The molecule has 0 aliphatic heterocycles. The number of carbonyl (C=O) groups is 1. The van der Waals surface area contributed by atoms with E-state index in [4.69, 9.17) is 16.0 Å². The molecule has 0 unspecified atom stereocenters. The van der Waals surface area contributed by atoms with E-state index in [1.54, 1.807) is 6.07 Å². The number of carbonyl (C=O) groups excluding carboxylic acids is 1. The fourth-order valence-corrected chi connectivity index (χ4v) is 3.58. The highest BCUT2D eigenvalue weighted by Gasteiger charge is 2.20. The molecule has 0 saturated carbocycles. The van der Waals surface area contributed by atoms with Crippen molar-refractivity contribution in [2.24, 2.45) is 0 Å². The van der Waals surface area contributed by atoms with Crippen molar-refractivity contribution in [1.82, 2.24) is 10.2 Å². The van der Waals surface area contributed by atoms with Gasteiger partial charge in [0.2, 0.25) is 0 Å². The van der Waals surface area contributed by atoms with Gasteiger partial charge in [0.05, 0.1) is 11.4 Å². The van der Waals surface area contributed by atoms with E-state index in [1.807, 2.05) is 63.2 Å². The minimum Gasteiger partial charge on any atom is -0.450 e. The van der Waals surface area contributed by atoms with Gasteiger partial charge in [0, 0.05) is 17.6 Å². The predicted molar refractivity (Wildman–Crippen MR) is 112 cm³/mol. The van der Waals surface area contributed by atoms with Gasteiger partial charge in [0.25, 0.3) is 5.91 Å². The van der Waals surface area contributed by atoms with Crippen LogP contribution in [0.5, 0.6) is 0 Å². The van der Waals surface area contributed by atoms with Gasteiger partial charge in [0.15, 0.2) is 11.2 Å². The lowest BCUT2D eigenvalue weighted by Gasteiger charge is -2.25. The summed E-state index contributed by atoms with van der Waals surface area (Å²) in [5, 5.41) is 3.98. The van der Waals surface area contributed by atoms with E-state index in [0.29, 0.717) is 22.5 Å². The quantitative estimate of drug-likeness (QED) is 0.703. The number of hydrogen-bond acceptors (Lipinski definition) is 4. The number of fused-ring (bicyclic) bond motifs is 1. The summed E-state index contributed by atoms with van der Waals surface area (Å²) in [6.45, 7) is 4.10. The Morgan fingerprint density at radius 3 is 2.57 bits per heavy atom. The lowest BCUT2D eigenvalue weighted by Crippen LogP contribution is -2.35. The van der Waals surface area contributed by atoms with Crippen LogP contribution in [0.4, 0.5) is 0 Å². The van der Waals surface area contributed by atoms with Gasteiger partial charge in [0.1, 0.15) is 5.58 Å². The molecule has 0 fully saturated rings. The van der Waals surface area contributed by atoms with E-state index in [-0.39, 0.29) is 17.2 Å². The maximum absolute atomic E-state index is 12.7. The van der Waals surface area contributed by atoms with Crippen LogP contribution in [-0.2, 0) is 0 Å². The zero-order valence-corrected chi connectivity index (χ0v) is 17.1. The molecule has 0 aliphatic carbocycles. The molecule has 1 amide bonds. The Labute approximate surface area is 168 Å². The Balaban J connectivity index is 1.86. The zero-order valence-electron chi connectivity index (χ0n) is 16.4. The molecule has 0 bridgehead atoms. The van der Waals surface area contributed by atoms with E-state index in [2.05, 4.69) is 5.32 Å². The SMILES string of the molecule is Cc1cc(C)c2oc(C(=O)NC[C@H](c3ccccc3Cl)N(C)C)cc(=O)c2c1. The van der Waals surface area contributed by atoms with Gasteiger partial charge in [-0.2, -0.15) is 0 Å². The van der Waals surface area contributed by atoms with Crippen molar-refractivity contribution >= 4 is 28.5 Å². The number of nitrogens with zero attached hydrogens (tertiary/aromatic N) is 1. The van der Waals surface area contributed by atoms with Gasteiger partial charge in [-0.15, -0.1) is 0 Å². The number of nitrogens with one attached hydrogen (secondary N) is 1. The first-order valence-corrected chi connectivity index (χ1v) is 9.40. The standard InChI is InChI=1S/C22H23ClN2O3/c1-13-9-14(2)21-16(10-13)19(26)11-20(28-21)22(27)24-12-18(25(3)4)15-7-5-6-8-17(15)23/h5-11,18H,12H2,1-4H3,(H,24,27)/t18-/m1/s1. The minimum absolute atomic E-state index is 0.00104. The molecule has 0 spiro atoms. The van der Waals surface area contributed by atoms with Crippen LogP contribution < -0.4 is 10.7 Å². The third-order valence-corrected chi connectivity index (χ3v) is 5.07. The number of hydrogen-bond donors (Lipinski definition) is 1. The van der Waals surface area contributed by atoms with Crippen molar-refractivity contribution in [2.45, 2.75) is 19.9 Å². The average molecular weight is 399 g/mol. The molecule has 6 heteroatoms. The molecule has 1 aromatic heterocycles. The van der Waals surface area contributed by atoms with Crippen LogP contribution in [0.2, 0.25) is 5.02 Å². The van der Waals surface area contributed by atoms with Crippen LogP contribution in [-0.4, -0.2) is 31.4 Å². The van der Waals surface area contributed by atoms with Crippen molar-refractivity contribution in [3.8, 4) is 0 Å². The molecule has 1 atom stereocenters. The highest BCUT2D eigenvalue weighted by Crippen LogP contribution is 2.25. The number of benzene rings is 2. The molecule has 146 valence electrons. The fraction of sp³-hybridized carbons (Fsp3) is 0.273. The van der Waals surface area contributed by atoms with E-state index >= 15 is 0 Å². The van der Waals surface area contributed by atoms with E-state index in [1.165, 1.54) is 6.07 Å². The summed E-state index contributed by atoms with van der Waals surface area (Å²) in [7, 11) is 3.84.